The van der Waals surface area contributed by atoms with Crippen LogP contribution < -0.4 is 10.6 Å². The van der Waals surface area contributed by atoms with E-state index in [2.05, 4.69) is 29.5 Å². The summed E-state index contributed by atoms with van der Waals surface area (Å²) >= 11 is 1.37. The molecule has 20 heavy (non-hydrogen) atoms. The normalized spacial score (nSPS) is 16.0. The summed E-state index contributed by atoms with van der Waals surface area (Å²) in [6.07, 6.45) is 2.20. The summed E-state index contributed by atoms with van der Waals surface area (Å²) in [5.41, 5.74) is 0.703. The first-order valence-electron chi connectivity index (χ1n) is 7.00. The third kappa shape index (κ3) is 4.30. The summed E-state index contributed by atoms with van der Waals surface area (Å²) in [5.74, 6) is 0.584. The van der Waals surface area contributed by atoms with E-state index in [-0.39, 0.29) is 30.2 Å². The predicted octanol–water partition coefficient (Wildman–Crippen LogP) is 2.19. The van der Waals surface area contributed by atoms with Gasteiger partial charge in [0.1, 0.15) is 0 Å². The summed E-state index contributed by atoms with van der Waals surface area (Å²) in [4.78, 5) is 27.7. The maximum atomic E-state index is 11.8. The Labute approximate surface area is 123 Å². The topological polar surface area (TPSA) is 71.1 Å². The number of hydrogen-bond acceptors (Lipinski definition) is 4. The largest absolute Gasteiger partial charge is 0.353 e. The highest BCUT2D eigenvalue weighted by atomic mass is 32.1. The Morgan fingerprint density at radius 1 is 1.40 bits per heavy atom. The summed E-state index contributed by atoms with van der Waals surface area (Å²) in [6.45, 7) is 6.13. The second-order valence-corrected chi connectivity index (χ2v) is 6.54. The molecular weight excluding hydrogens is 274 g/mol. The Balaban J connectivity index is 1.82. The third-order valence-corrected chi connectivity index (χ3v) is 4.27. The molecule has 1 aliphatic rings. The number of anilines is 1. The van der Waals surface area contributed by atoms with E-state index in [4.69, 9.17) is 0 Å². The maximum Gasteiger partial charge on any atom is 0.229 e. The van der Waals surface area contributed by atoms with Crippen molar-refractivity contribution < 1.29 is 9.59 Å². The van der Waals surface area contributed by atoms with Crippen molar-refractivity contribution in [3.63, 3.8) is 0 Å². The van der Waals surface area contributed by atoms with Gasteiger partial charge >= 0.3 is 0 Å². The number of amides is 2. The lowest BCUT2D eigenvalue weighted by atomic mass is 10.1. The third-order valence-electron chi connectivity index (χ3n) is 3.46. The quantitative estimate of drug-likeness (QED) is 0.845. The van der Waals surface area contributed by atoms with Gasteiger partial charge in [-0.15, -0.1) is 11.3 Å². The fraction of sp³-hybridized carbons (Fsp3) is 0.643. The van der Waals surface area contributed by atoms with Crippen LogP contribution >= 0.6 is 11.3 Å². The van der Waals surface area contributed by atoms with E-state index in [0.29, 0.717) is 16.7 Å². The van der Waals surface area contributed by atoms with Gasteiger partial charge in [0.25, 0.3) is 0 Å². The summed E-state index contributed by atoms with van der Waals surface area (Å²) in [7, 11) is 0. The molecule has 2 rings (SSSR count). The van der Waals surface area contributed by atoms with Crippen molar-refractivity contribution in [3.05, 3.63) is 11.1 Å². The van der Waals surface area contributed by atoms with Crippen LogP contribution in [0.4, 0.5) is 5.13 Å². The zero-order valence-corrected chi connectivity index (χ0v) is 12.9. The van der Waals surface area contributed by atoms with Crippen LogP contribution in [0.5, 0.6) is 0 Å². The Bertz CT molecular complexity index is 494. The number of hydrogen-bond donors (Lipinski definition) is 2. The minimum absolute atomic E-state index is 0.0310. The van der Waals surface area contributed by atoms with Crippen molar-refractivity contribution in [2.75, 3.05) is 5.32 Å². The van der Waals surface area contributed by atoms with Crippen molar-refractivity contribution in [1.29, 1.82) is 0 Å². The average Bonchev–Trinajstić information content (AvgIpc) is 3.13. The van der Waals surface area contributed by atoms with Gasteiger partial charge in [0, 0.05) is 17.3 Å². The standard InChI is InChI=1S/C14H21N3O2S/c1-8(2)9(3)15-12(18)6-11-7-20-14(16-11)17-13(19)10-4-5-10/h7-10H,4-6H2,1-3H3,(H,15,18)(H,16,17,19). The average molecular weight is 295 g/mol. The van der Waals surface area contributed by atoms with Crippen molar-refractivity contribution in [1.82, 2.24) is 10.3 Å². The van der Waals surface area contributed by atoms with Crippen LogP contribution in [0.2, 0.25) is 0 Å². The van der Waals surface area contributed by atoms with Gasteiger partial charge in [-0.2, -0.15) is 0 Å². The molecule has 1 aliphatic carbocycles. The fourth-order valence-electron chi connectivity index (χ4n) is 1.63. The van der Waals surface area contributed by atoms with Crippen molar-refractivity contribution >= 4 is 28.3 Å². The van der Waals surface area contributed by atoms with E-state index in [0.717, 1.165) is 12.8 Å². The zero-order valence-electron chi connectivity index (χ0n) is 12.1. The lowest BCUT2D eigenvalue weighted by Crippen LogP contribution is -2.37. The van der Waals surface area contributed by atoms with Crippen molar-refractivity contribution in [2.45, 2.75) is 46.1 Å². The van der Waals surface area contributed by atoms with Gasteiger partial charge in [-0.3, -0.25) is 9.59 Å². The molecule has 1 fully saturated rings. The Kier molecular flexibility index (Phi) is 4.75. The van der Waals surface area contributed by atoms with Gasteiger partial charge in [0.15, 0.2) is 5.13 Å². The second-order valence-electron chi connectivity index (χ2n) is 5.68. The van der Waals surface area contributed by atoms with Crippen molar-refractivity contribution in [3.8, 4) is 0 Å². The van der Waals surface area contributed by atoms with Crippen LogP contribution in [0.1, 0.15) is 39.3 Å². The molecule has 0 aromatic carbocycles. The molecule has 1 unspecified atom stereocenters. The number of thiazole rings is 1. The highest BCUT2D eigenvalue weighted by molar-refractivity contribution is 7.13. The van der Waals surface area contributed by atoms with E-state index in [1.165, 1.54) is 11.3 Å². The van der Waals surface area contributed by atoms with Gasteiger partial charge in [0.05, 0.1) is 12.1 Å². The summed E-state index contributed by atoms with van der Waals surface area (Å²) < 4.78 is 0. The molecule has 0 radical (unpaired) electrons. The molecule has 1 atom stereocenters. The molecule has 2 N–H and O–H groups in total. The molecule has 110 valence electrons. The Morgan fingerprint density at radius 3 is 2.70 bits per heavy atom. The maximum absolute atomic E-state index is 11.8. The van der Waals surface area contributed by atoms with Gasteiger partial charge in [-0.25, -0.2) is 4.98 Å². The molecule has 0 saturated heterocycles. The zero-order chi connectivity index (χ0) is 14.7. The minimum atomic E-state index is -0.0310. The summed E-state index contributed by atoms with van der Waals surface area (Å²) in [6, 6.07) is 0.148. The number of nitrogens with zero attached hydrogens (tertiary/aromatic N) is 1. The van der Waals surface area contributed by atoms with E-state index >= 15 is 0 Å². The first-order chi connectivity index (χ1) is 9.45. The first-order valence-corrected chi connectivity index (χ1v) is 7.88. The van der Waals surface area contributed by atoms with E-state index in [9.17, 15) is 9.59 Å². The molecule has 1 aromatic rings. The van der Waals surface area contributed by atoms with Crippen LogP contribution in [0.15, 0.2) is 5.38 Å². The molecule has 5 nitrogen and oxygen atoms in total. The predicted molar refractivity (Wildman–Crippen MR) is 79.6 cm³/mol. The minimum Gasteiger partial charge on any atom is -0.353 e. The number of carbonyl (C=O) groups excluding carboxylic acids is 2. The van der Waals surface area contributed by atoms with Gasteiger partial charge < -0.3 is 10.6 Å². The molecule has 1 heterocycles. The monoisotopic (exact) mass is 295 g/mol. The molecule has 0 spiro atoms. The number of nitrogens with one attached hydrogen (secondary N) is 2. The molecule has 1 saturated carbocycles. The van der Waals surface area contributed by atoms with Crippen LogP contribution in [0.25, 0.3) is 0 Å². The highest BCUT2D eigenvalue weighted by Crippen LogP contribution is 2.30. The molecule has 0 bridgehead atoms. The van der Waals surface area contributed by atoms with Crippen LogP contribution in [0, 0.1) is 11.8 Å². The molecule has 2 amide bonds. The van der Waals surface area contributed by atoms with Gasteiger partial charge in [0.2, 0.25) is 11.8 Å². The van der Waals surface area contributed by atoms with Gasteiger partial charge in [-0.1, -0.05) is 13.8 Å². The van der Waals surface area contributed by atoms with Crippen molar-refractivity contribution in [2.24, 2.45) is 11.8 Å². The lowest BCUT2D eigenvalue weighted by molar-refractivity contribution is -0.121. The van der Waals surface area contributed by atoms with Crippen LogP contribution in [-0.4, -0.2) is 22.8 Å². The Hall–Kier alpha value is -1.43. The molecule has 6 heteroatoms. The van der Waals surface area contributed by atoms with Gasteiger partial charge in [-0.05, 0) is 25.7 Å². The lowest BCUT2D eigenvalue weighted by Gasteiger charge is -2.16. The first kappa shape index (κ1) is 15.0. The van der Waals surface area contributed by atoms with E-state index in [1.807, 2.05) is 12.3 Å². The fourth-order valence-corrected chi connectivity index (χ4v) is 2.35. The molecule has 1 aromatic heterocycles. The Morgan fingerprint density at radius 2 is 2.10 bits per heavy atom. The smallest absolute Gasteiger partial charge is 0.229 e. The highest BCUT2D eigenvalue weighted by Gasteiger charge is 2.30. The number of aromatic nitrogens is 1. The van der Waals surface area contributed by atoms with Crippen LogP contribution in [-0.2, 0) is 16.0 Å². The number of rotatable bonds is 6. The molecule has 0 aliphatic heterocycles. The molecular formula is C14H21N3O2S. The second kappa shape index (κ2) is 6.35. The van der Waals surface area contributed by atoms with E-state index in [1.54, 1.807) is 0 Å². The SMILES string of the molecule is CC(C)C(C)NC(=O)Cc1csc(NC(=O)C2CC2)n1. The van der Waals surface area contributed by atoms with Crippen LogP contribution in [0.3, 0.4) is 0 Å². The van der Waals surface area contributed by atoms with E-state index < -0.39 is 0 Å². The summed E-state index contributed by atoms with van der Waals surface area (Å²) in [5, 5.41) is 8.14. The number of carbonyl (C=O) groups is 2.